The minimum absolute atomic E-state index is 0.226. The second-order valence-electron chi connectivity index (χ2n) is 2.42. The first-order valence-electron chi connectivity index (χ1n) is 3.86. The van der Waals surface area contributed by atoms with Crippen LogP contribution in [-0.4, -0.2) is 32.3 Å². The van der Waals surface area contributed by atoms with Gasteiger partial charge < -0.3 is 13.8 Å². The first-order chi connectivity index (χ1) is 6.11. The van der Waals surface area contributed by atoms with E-state index in [4.69, 9.17) is 20.9 Å². The van der Waals surface area contributed by atoms with Crippen LogP contribution in [0.2, 0.25) is 0 Å². The Morgan fingerprint density at radius 1 is 1.85 bits per heavy atom. The molecule has 1 N–H and O–H groups in total. The fourth-order valence-corrected chi connectivity index (χ4v) is 3.30. The Hall–Kier alpha value is -0.0000000000000000763. The molecular formula is C6H12NO4PS. The summed E-state index contributed by atoms with van der Waals surface area (Å²) in [7, 11) is 1.33. The summed E-state index contributed by atoms with van der Waals surface area (Å²) in [6.45, 7) is 0.110. The number of carbonyl (C=O) groups excluding carboxylic acids is 1. The maximum absolute atomic E-state index is 11.1. The maximum Gasteiger partial charge on any atom is 0.325 e. The molecular weight excluding hydrogens is 213 g/mol. The van der Waals surface area contributed by atoms with Crippen LogP contribution in [0.5, 0.6) is 0 Å². The molecule has 0 aromatic heterocycles. The molecule has 0 amide bonds. The zero-order valence-electron chi connectivity index (χ0n) is 7.48. The van der Waals surface area contributed by atoms with E-state index in [-0.39, 0.29) is 12.6 Å². The summed E-state index contributed by atoms with van der Waals surface area (Å²) >= 11 is 5.06. The van der Waals surface area contributed by atoms with Crippen LogP contribution in [0.25, 0.3) is 0 Å². The third-order valence-electron chi connectivity index (χ3n) is 1.51. The SMILES string of the molecule is CCOP1(=S)N[C@H](C(=O)OC)CO1. The number of hydrogen-bond acceptors (Lipinski definition) is 5. The van der Waals surface area contributed by atoms with Crippen molar-refractivity contribution in [3.8, 4) is 0 Å². The number of methoxy groups -OCH3 is 1. The van der Waals surface area contributed by atoms with E-state index in [0.29, 0.717) is 6.61 Å². The van der Waals surface area contributed by atoms with Gasteiger partial charge >= 0.3 is 5.97 Å². The van der Waals surface area contributed by atoms with Gasteiger partial charge in [-0.3, -0.25) is 4.79 Å². The van der Waals surface area contributed by atoms with E-state index >= 15 is 0 Å². The summed E-state index contributed by atoms with van der Waals surface area (Å²) < 4.78 is 14.9. The van der Waals surface area contributed by atoms with Crippen molar-refractivity contribution in [2.75, 3.05) is 20.3 Å². The van der Waals surface area contributed by atoms with Crippen LogP contribution >= 0.6 is 6.64 Å². The second kappa shape index (κ2) is 4.48. The molecule has 1 saturated heterocycles. The lowest BCUT2D eigenvalue weighted by molar-refractivity contribution is -0.142. The van der Waals surface area contributed by atoms with E-state index in [1.807, 2.05) is 6.92 Å². The van der Waals surface area contributed by atoms with E-state index in [1.165, 1.54) is 7.11 Å². The standard InChI is InChI=1S/C6H12NO4PS/c1-3-10-12(13)7-5(4-11-12)6(8)9-2/h5H,3-4H2,1-2H3,(H,7,13)/t5-,12?/m0/s1. The van der Waals surface area contributed by atoms with E-state index in [2.05, 4.69) is 9.82 Å². The zero-order valence-corrected chi connectivity index (χ0v) is 9.19. The molecule has 0 bridgehead atoms. The van der Waals surface area contributed by atoms with Gasteiger partial charge in [0.1, 0.15) is 6.04 Å². The van der Waals surface area contributed by atoms with Crippen molar-refractivity contribution in [3.05, 3.63) is 0 Å². The summed E-state index contributed by atoms with van der Waals surface area (Å²) in [5, 5.41) is 2.83. The van der Waals surface area contributed by atoms with Gasteiger partial charge in [-0.2, -0.15) is 0 Å². The predicted octanol–water partition coefficient (Wildman–Crippen LogP) is 0.409. The van der Waals surface area contributed by atoms with Crippen molar-refractivity contribution in [2.45, 2.75) is 13.0 Å². The molecule has 13 heavy (non-hydrogen) atoms. The number of esters is 1. The quantitative estimate of drug-likeness (QED) is 0.554. The Morgan fingerprint density at radius 2 is 2.54 bits per heavy atom. The van der Waals surface area contributed by atoms with Crippen molar-refractivity contribution >= 4 is 24.4 Å². The van der Waals surface area contributed by atoms with Crippen molar-refractivity contribution in [1.29, 1.82) is 0 Å². The average Bonchev–Trinajstić information content (AvgIpc) is 2.47. The molecule has 1 aliphatic heterocycles. The van der Waals surface area contributed by atoms with Crippen LogP contribution in [0, 0.1) is 0 Å². The number of carbonyl (C=O) groups is 1. The lowest BCUT2D eigenvalue weighted by Gasteiger charge is -2.13. The van der Waals surface area contributed by atoms with Crippen molar-refractivity contribution in [2.24, 2.45) is 0 Å². The molecule has 1 fully saturated rings. The fraction of sp³-hybridized carbons (Fsp3) is 0.833. The van der Waals surface area contributed by atoms with E-state index in [0.717, 1.165) is 0 Å². The highest BCUT2D eigenvalue weighted by Crippen LogP contribution is 2.48. The number of rotatable bonds is 3. The Balaban J connectivity index is 2.53. The predicted molar refractivity (Wildman–Crippen MR) is 50.8 cm³/mol. The summed E-state index contributed by atoms with van der Waals surface area (Å²) in [6, 6.07) is -0.484. The molecule has 0 spiro atoms. The van der Waals surface area contributed by atoms with Crippen molar-refractivity contribution < 1.29 is 18.6 Å². The Labute approximate surface area is 82.0 Å². The molecule has 5 nitrogen and oxygen atoms in total. The summed E-state index contributed by atoms with van der Waals surface area (Å²) in [5.41, 5.74) is 0. The zero-order chi connectivity index (χ0) is 9.90. The van der Waals surface area contributed by atoms with Gasteiger partial charge in [-0.05, 0) is 18.7 Å². The molecule has 0 saturated carbocycles. The highest BCUT2D eigenvalue weighted by Gasteiger charge is 2.36. The number of nitrogens with one attached hydrogen (secondary N) is 1. The molecule has 76 valence electrons. The monoisotopic (exact) mass is 225 g/mol. The summed E-state index contributed by atoms with van der Waals surface area (Å²) in [5.74, 6) is -0.369. The van der Waals surface area contributed by atoms with Gasteiger partial charge in [0.2, 0.25) is 0 Å². The highest BCUT2D eigenvalue weighted by atomic mass is 32.5. The third-order valence-corrected chi connectivity index (χ3v) is 4.17. The molecule has 7 heteroatoms. The molecule has 1 aliphatic rings. The molecule has 1 heterocycles. The highest BCUT2D eigenvalue weighted by molar-refractivity contribution is 8.09. The first kappa shape index (κ1) is 11.1. The van der Waals surface area contributed by atoms with Gasteiger partial charge in [0.25, 0.3) is 6.64 Å². The van der Waals surface area contributed by atoms with Crippen LogP contribution in [0.4, 0.5) is 0 Å². The molecule has 0 aromatic carbocycles. The largest absolute Gasteiger partial charge is 0.468 e. The maximum atomic E-state index is 11.1. The van der Waals surface area contributed by atoms with Crippen molar-refractivity contribution in [1.82, 2.24) is 5.09 Å². The normalized spacial score (nSPS) is 33.2. The fourth-order valence-electron chi connectivity index (χ4n) is 0.946. The number of ether oxygens (including phenoxy) is 1. The molecule has 0 aliphatic carbocycles. The van der Waals surface area contributed by atoms with Gasteiger partial charge in [0, 0.05) is 0 Å². The second-order valence-corrected chi connectivity index (χ2v) is 5.63. The van der Waals surface area contributed by atoms with Gasteiger partial charge in [-0.15, -0.1) is 0 Å². The Morgan fingerprint density at radius 3 is 3.08 bits per heavy atom. The lowest BCUT2D eigenvalue weighted by atomic mass is 10.3. The van der Waals surface area contributed by atoms with Gasteiger partial charge in [0.05, 0.1) is 20.3 Å². The molecule has 1 unspecified atom stereocenters. The Kier molecular flexibility index (Phi) is 3.82. The van der Waals surface area contributed by atoms with Crippen LogP contribution < -0.4 is 5.09 Å². The molecule has 2 atom stereocenters. The van der Waals surface area contributed by atoms with E-state index in [1.54, 1.807) is 0 Å². The molecule has 0 radical (unpaired) electrons. The van der Waals surface area contributed by atoms with Crippen LogP contribution in [0.3, 0.4) is 0 Å². The molecule has 1 rings (SSSR count). The van der Waals surface area contributed by atoms with Crippen LogP contribution in [0.15, 0.2) is 0 Å². The van der Waals surface area contributed by atoms with Crippen molar-refractivity contribution in [3.63, 3.8) is 0 Å². The minimum atomic E-state index is -2.41. The Bertz CT molecular complexity index is 247. The third kappa shape index (κ3) is 2.72. The van der Waals surface area contributed by atoms with Gasteiger partial charge in [0.15, 0.2) is 0 Å². The average molecular weight is 225 g/mol. The minimum Gasteiger partial charge on any atom is -0.468 e. The smallest absolute Gasteiger partial charge is 0.325 e. The van der Waals surface area contributed by atoms with Crippen LogP contribution in [-0.2, 0) is 30.4 Å². The lowest BCUT2D eigenvalue weighted by Crippen LogP contribution is -2.32. The topological polar surface area (TPSA) is 56.8 Å². The number of hydrogen-bond donors (Lipinski definition) is 1. The molecule has 0 aromatic rings. The van der Waals surface area contributed by atoms with Gasteiger partial charge in [-0.1, -0.05) is 0 Å². The van der Waals surface area contributed by atoms with E-state index < -0.39 is 12.7 Å². The first-order valence-corrected chi connectivity index (χ1v) is 6.50. The van der Waals surface area contributed by atoms with Crippen LogP contribution in [0.1, 0.15) is 6.92 Å². The summed E-state index contributed by atoms with van der Waals surface area (Å²) in [6.07, 6.45) is 0. The van der Waals surface area contributed by atoms with E-state index in [9.17, 15) is 4.79 Å². The summed E-state index contributed by atoms with van der Waals surface area (Å²) in [4.78, 5) is 11.1. The van der Waals surface area contributed by atoms with Gasteiger partial charge in [-0.25, -0.2) is 5.09 Å².